The summed E-state index contributed by atoms with van der Waals surface area (Å²) in [5.41, 5.74) is 0.987. The van der Waals surface area contributed by atoms with Gasteiger partial charge in [0.05, 0.1) is 4.90 Å². The predicted octanol–water partition coefficient (Wildman–Crippen LogP) is 2.44. The average Bonchev–Trinajstić information content (AvgIpc) is 2.94. The van der Waals surface area contributed by atoms with E-state index in [9.17, 15) is 17.6 Å². The van der Waals surface area contributed by atoms with Crippen LogP contribution in [0.15, 0.2) is 53.4 Å². The van der Waals surface area contributed by atoms with Crippen LogP contribution in [-0.4, -0.2) is 56.3 Å². The Morgan fingerprint density at radius 3 is 2.46 bits per heavy atom. The minimum Gasteiger partial charge on any atom is -0.481 e. The molecular formula is C20H23FN2O4S. The van der Waals surface area contributed by atoms with E-state index >= 15 is 0 Å². The number of amides is 1. The van der Waals surface area contributed by atoms with Crippen LogP contribution in [0.4, 0.5) is 4.39 Å². The summed E-state index contributed by atoms with van der Waals surface area (Å²) in [7, 11) is -3.60. The Morgan fingerprint density at radius 1 is 1.04 bits per heavy atom. The monoisotopic (exact) mass is 406 g/mol. The Hall–Kier alpha value is -2.45. The smallest absolute Gasteiger partial charge is 0.260 e. The average molecular weight is 406 g/mol. The van der Waals surface area contributed by atoms with E-state index in [0.717, 1.165) is 5.56 Å². The number of rotatable bonds is 5. The van der Waals surface area contributed by atoms with Gasteiger partial charge in [-0.25, -0.2) is 12.8 Å². The van der Waals surface area contributed by atoms with Crippen LogP contribution in [0.5, 0.6) is 5.75 Å². The third-order valence-electron chi connectivity index (χ3n) is 4.65. The Labute approximate surface area is 164 Å². The van der Waals surface area contributed by atoms with Gasteiger partial charge in [0, 0.05) is 26.2 Å². The van der Waals surface area contributed by atoms with Crippen LogP contribution in [0.1, 0.15) is 12.0 Å². The maximum Gasteiger partial charge on any atom is 0.260 e. The number of benzene rings is 2. The molecule has 0 aromatic heterocycles. The zero-order chi connectivity index (χ0) is 20.1. The number of hydrogen-bond donors (Lipinski definition) is 0. The largest absolute Gasteiger partial charge is 0.481 e. The number of aryl methyl sites for hydroxylation is 1. The summed E-state index contributed by atoms with van der Waals surface area (Å²) < 4.78 is 45.9. The molecule has 28 heavy (non-hydrogen) atoms. The van der Waals surface area contributed by atoms with E-state index in [-0.39, 0.29) is 36.2 Å². The van der Waals surface area contributed by atoms with Crippen molar-refractivity contribution in [2.75, 3.05) is 32.8 Å². The molecule has 1 aliphatic heterocycles. The van der Waals surface area contributed by atoms with Gasteiger partial charge < -0.3 is 9.64 Å². The van der Waals surface area contributed by atoms with E-state index in [4.69, 9.17) is 4.74 Å². The SMILES string of the molecule is Cc1ccc(S(=O)(=O)N2CCCN(C(=O)COc3ccccc3F)CC2)cc1. The number of nitrogens with zero attached hydrogens (tertiary/aromatic N) is 2. The summed E-state index contributed by atoms with van der Waals surface area (Å²) in [6, 6.07) is 12.6. The lowest BCUT2D eigenvalue weighted by Gasteiger charge is -2.22. The van der Waals surface area contributed by atoms with E-state index < -0.39 is 15.8 Å². The van der Waals surface area contributed by atoms with Crippen molar-refractivity contribution in [2.24, 2.45) is 0 Å². The highest BCUT2D eigenvalue weighted by atomic mass is 32.2. The minimum absolute atomic E-state index is 0.0225. The number of hydrogen-bond acceptors (Lipinski definition) is 4. The molecule has 0 unspecified atom stereocenters. The van der Waals surface area contributed by atoms with Crippen LogP contribution < -0.4 is 4.74 Å². The third-order valence-corrected chi connectivity index (χ3v) is 6.57. The molecule has 0 spiro atoms. The molecule has 150 valence electrons. The second-order valence-electron chi connectivity index (χ2n) is 6.67. The summed E-state index contributed by atoms with van der Waals surface area (Å²) in [5.74, 6) is -0.798. The van der Waals surface area contributed by atoms with Gasteiger partial charge >= 0.3 is 0 Å². The highest BCUT2D eigenvalue weighted by molar-refractivity contribution is 7.89. The van der Waals surface area contributed by atoms with E-state index in [0.29, 0.717) is 19.5 Å². The van der Waals surface area contributed by atoms with E-state index in [1.165, 1.54) is 16.4 Å². The zero-order valence-corrected chi connectivity index (χ0v) is 16.5. The van der Waals surface area contributed by atoms with Crippen molar-refractivity contribution >= 4 is 15.9 Å². The van der Waals surface area contributed by atoms with E-state index in [1.807, 2.05) is 6.92 Å². The van der Waals surface area contributed by atoms with Crippen molar-refractivity contribution in [1.82, 2.24) is 9.21 Å². The molecule has 1 aliphatic rings. The molecule has 0 aliphatic carbocycles. The number of carbonyl (C=O) groups is 1. The molecule has 2 aromatic carbocycles. The normalized spacial score (nSPS) is 15.9. The number of carbonyl (C=O) groups excluding carboxylic acids is 1. The fourth-order valence-electron chi connectivity index (χ4n) is 3.04. The molecule has 3 rings (SSSR count). The van der Waals surface area contributed by atoms with Gasteiger partial charge in [0.1, 0.15) is 0 Å². The Kier molecular flexibility index (Phi) is 6.31. The van der Waals surface area contributed by atoms with Crippen LogP contribution in [0.3, 0.4) is 0 Å². The molecule has 0 bridgehead atoms. The maximum absolute atomic E-state index is 13.6. The lowest BCUT2D eigenvalue weighted by atomic mass is 10.2. The topological polar surface area (TPSA) is 66.9 Å². The minimum atomic E-state index is -3.60. The first-order valence-electron chi connectivity index (χ1n) is 9.10. The number of para-hydroxylation sites is 1. The Bertz CT molecular complexity index is 931. The summed E-state index contributed by atoms with van der Waals surface area (Å²) >= 11 is 0. The quantitative estimate of drug-likeness (QED) is 0.765. The zero-order valence-electron chi connectivity index (χ0n) is 15.7. The van der Waals surface area contributed by atoms with Crippen LogP contribution in [0, 0.1) is 12.7 Å². The fraction of sp³-hybridized carbons (Fsp3) is 0.350. The van der Waals surface area contributed by atoms with Crippen LogP contribution in [0.2, 0.25) is 0 Å². The third kappa shape index (κ3) is 4.69. The molecule has 0 radical (unpaired) electrons. The molecule has 6 nitrogen and oxygen atoms in total. The second kappa shape index (κ2) is 8.70. The first kappa shape index (κ1) is 20.3. The molecule has 1 fully saturated rings. The first-order valence-corrected chi connectivity index (χ1v) is 10.5. The van der Waals surface area contributed by atoms with E-state index in [2.05, 4.69) is 0 Å². The van der Waals surface area contributed by atoms with Crippen molar-refractivity contribution < 1.29 is 22.3 Å². The van der Waals surface area contributed by atoms with Crippen molar-refractivity contribution in [3.05, 3.63) is 59.9 Å². The molecule has 1 amide bonds. The Morgan fingerprint density at radius 2 is 1.75 bits per heavy atom. The molecule has 8 heteroatoms. The highest BCUT2D eigenvalue weighted by Gasteiger charge is 2.28. The lowest BCUT2D eigenvalue weighted by Crippen LogP contribution is -2.39. The van der Waals surface area contributed by atoms with Crippen LogP contribution in [0.25, 0.3) is 0 Å². The fourth-order valence-corrected chi connectivity index (χ4v) is 4.51. The van der Waals surface area contributed by atoms with Gasteiger partial charge in [-0.05, 0) is 37.6 Å². The van der Waals surface area contributed by atoms with Gasteiger partial charge in [-0.15, -0.1) is 0 Å². The van der Waals surface area contributed by atoms with Crippen LogP contribution >= 0.6 is 0 Å². The second-order valence-corrected chi connectivity index (χ2v) is 8.61. The van der Waals surface area contributed by atoms with Gasteiger partial charge in [0.15, 0.2) is 18.2 Å². The molecule has 0 N–H and O–H groups in total. The molecular weight excluding hydrogens is 383 g/mol. The summed E-state index contributed by atoms with van der Waals surface area (Å²) in [4.78, 5) is 14.2. The van der Waals surface area contributed by atoms with Gasteiger partial charge in [0.25, 0.3) is 5.91 Å². The summed E-state index contributed by atoms with van der Waals surface area (Å²) in [6.45, 7) is 2.86. The molecule has 0 saturated carbocycles. The molecule has 2 aromatic rings. The van der Waals surface area contributed by atoms with Gasteiger partial charge in [-0.2, -0.15) is 4.31 Å². The maximum atomic E-state index is 13.6. The molecule has 1 saturated heterocycles. The van der Waals surface area contributed by atoms with Gasteiger partial charge in [-0.1, -0.05) is 29.8 Å². The standard InChI is InChI=1S/C20H23FN2O4S/c1-16-7-9-17(10-8-16)28(25,26)23-12-4-11-22(13-14-23)20(24)15-27-19-6-3-2-5-18(19)21/h2-3,5-10H,4,11-15H2,1H3. The van der Waals surface area contributed by atoms with Crippen molar-refractivity contribution in [3.63, 3.8) is 0 Å². The van der Waals surface area contributed by atoms with Crippen molar-refractivity contribution in [3.8, 4) is 5.75 Å². The van der Waals surface area contributed by atoms with Crippen LogP contribution in [-0.2, 0) is 14.8 Å². The molecule has 1 heterocycles. The van der Waals surface area contributed by atoms with Crippen molar-refractivity contribution in [2.45, 2.75) is 18.2 Å². The van der Waals surface area contributed by atoms with E-state index in [1.54, 1.807) is 41.3 Å². The Balaban J connectivity index is 1.60. The predicted molar refractivity (Wildman–Crippen MR) is 103 cm³/mol. The first-order chi connectivity index (χ1) is 13.4. The number of halogens is 1. The number of ether oxygens (including phenoxy) is 1. The van der Waals surface area contributed by atoms with Gasteiger partial charge in [-0.3, -0.25) is 4.79 Å². The molecule has 0 atom stereocenters. The lowest BCUT2D eigenvalue weighted by molar-refractivity contribution is -0.133. The number of sulfonamides is 1. The van der Waals surface area contributed by atoms with Gasteiger partial charge in [0.2, 0.25) is 10.0 Å². The van der Waals surface area contributed by atoms with Crippen molar-refractivity contribution in [1.29, 1.82) is 0 Å². The highest BCUT2D eigenvalue weighted by Crippen LogP contribution is 2.19. The summed E-state index contributed by atoms with van der Waals surface area (Å²) in [5, 5.41) is 0. The summed E-state index contributed by atoms with van der Waals surface area (Å²) in [6.07, 6.45) is 0.524.